The summed E-state index contributed by atoms with van der Waals surface area (Å²) in [7, 11) is -4.28. The molecule has 0 aromatic heterocycles. The lowest BCUT2D eigenvalue weighted by atomic mass is 10.8. The number of rotatable bonds is 2. The molecule has 1 fully saturated rings. The van der Waals surface area contributed by atoms with Crippen LogP contribution in [0.15, 0.2) is 38.0 Å². The molecule has 1 atom stereocenters. The molecule has 1 heterocycles. The number of ether oxygens (including phenoxy) is 1. The maximum Gasteiger partial charge on any atom is 0.472 e. The van der Waals surface area contributed by atoms with E-state index >= 15 is 0 Å². The summed E-state index contributed by atoms with van der Waals surface area (Å²) in [6.45, 7) is 16.0. The van der Waals surface area contributed by atoms with E-state index in [4.69, 9.17) is 9.79 Å². The number of hydrogen-bond acceptors (Lipinski definition) is 3. The van der Waals surface area contributed by atoms with Gasteiger partial charge >= 0.3 is 7.82 Å². The normalized spacial score (nSPS) is 15.5. The highest BCUT2D eigenvalue weighted by atomic mass is 31.2. The smallest absolute Gasteiger partial charge is 0.344 e. The summed E-state index contributed by atoms with van der Waals surface area (Å²) in [4.78, 5) is 16.1. The van der Waals surface area contributed by atoms with Gasteiger partial charge in [0.2, 0.25) is 0 Å². The van der Waals surface area contributed by atoms with Crippen LogP contribution in [0.3, 0.4) is 0 Å². The Labute approximate surface area is 104 Å². The Morgan fingerprint density at radius 3 is 1.47 bits per heavy atom. The van der Waals surface area contributed by atoms with Crippen LogP contribution in [-0.4, -0.2) is 22.7 Å². The number of phosphoric acid groups is 1. The van der Waals surface area contributed by atoms with Crippen molar-refractivity contribution in [2.45, 2.75) is 27.1 Å². The standard InChI is InChI=1S/3C3H6.C2H5O5P/c3*1-3-2;3-8(4,5)7-2-1-6-2/h3*3H,1H2,2H3;2H,1H2,(H2,3,4,5). The zero-order chi connectivity index (χ0) is 14.3. The van der Waals surface area contributed by atoms with Crippen molar-refractivity contribution in [1.29, 1.82) is 0 Å². The number of hydrogen-bond donors (Lipinski definition) is 2. The summed E-state index contributed by atoms with van der Waals surface area (Å²) in [5, 5.41) is 0. The second kappa shape index (κ2) is 15.3. The van der Waals surface area contributed by atoms with Gasteiger partial charge in [0.05, 0.1) is 0 Å². The lowest BCUT2D eigenvalue weighted by molar-refractivity contribution is 0.124. The molecule has 102 valence electrons. The molecule has 0 aromatic carbocycles. The third-order valence-electron chi connectivity index (χ3n) is 0.558. The first-order valence-electron chi connectivity index (χ1n) is 4.89. The molecule has 0 aromatic rings. The monoisotopic (exact) mass is 266 g/mol. The van der Waals surface area contributed by atoms with Crippen LogP contribution < -0.4 is 0 Å². The van der Waals surface area contributed by atoms with E-state index in [0.717, 1.165) is 0 Å². The molecular formula is C11H23O5P. The Morgan fingerprint density at radius 2 is 1.41 bits per heavy atom. The van der Waals surface area contributed by atoms with Crippen LogP contribution in [-0.2, 0) is 13.8 Å². The van der Waals surface area contributed by atoms with E-state index in [-0.39, 0.29) is 6.61 Å². The molecular weight excluding hydrogens is 243 g/mol. The van der Waals surface area contributed by atoms with Crippen molar-refractivity contribution < 1.29 is 23.6 Å². The van der Waals surface area contributed by atoms with Gasteiger partial charge < -0.3 is 14.5 Å². The number of phosphoric ester groups is 1. The van der Waals surface area contributed by atoms with Crippen molar-refractivity contribution in [1.82, 2.24) is 0 Å². The highest BCUT2D eigenvalue weighted by Crippen LogP contribution is 2.40. The number of allylic oxidation sites excluding steroid dienone is 3. The first-order chi connectivity index (χ1) is 7.82. The molecule has 6 heteroatoms. The fourth-order valence-electron chi connectivity index (χ4n) is 0.253. The average Bonchev–Trinajstić information content (AvgIpc) is 2.89. The van der Waals surface area contributed by atoms with E-state index in [9.17, 15) is 4.57 Å². The van der Waals surface area contributed by atoms with Gasteiger partial charge in [0, 0.05) is 0 Å². The summed E-state index contributed by atoms with van der Waals surface area (Å²) in [6, 6.07) is 0. The topological polar surface area (TPSA) is 79.3 Å². The number of epoxide rings is 1. The summed E-state index contributed by atoms with van der Waals surface area (Å²) >= 11 is 0. The van der Waals surface area contributed by atoms with Gasteiger partial charge in [-0.15, -0.1) is 19.7 Å². The van der Waals surface area contributed by atoms with E-state index < -0.39 is 14.1 Å². The van der Waals surface area contributed by atoms with Crippen molar-refractivity contribution in [2.75, 3.05) is 6.61 Å². The third-order valence-corrected chi connectivity index (χ3v) is 1.07. The van der Waals surface area contributed by atoms with E-state index in [1.165, 1.54) is 0 Å². The van der Waals surface area contributed by atoms with E-state index in [0.29, 0.717) is 0 Å². The summed E-state index contributed by atoms with van der Waals surface area (Å²) < 4.78 is 18.2. The van der Waals surface area contributed by atoms with Gasteiger partial charge in [-0.05, 0) is 20.8 Å². The van der Waals surface area contributed by atoms with Gasteiger partial charge in [0.25, 0.3) is 0 Å². The van der Waals surface area contributed by atoms with Gasteiger partial charge in [-0.2, -0.15) is 0 Å². The fourth-order valence-corrected chi connectivity index (χ4v) is 0.681. The zero-order valence-electron chi connectivity index (χ0n) is 10.7. The molecule has 1 aliphatic heterocycles. The molecule has 1 saturated heterocycles. The van der Waals surface area contributed by atoms with Crippen LogP contribution in [0.4, 0.5) is 0 Å². The molecule has 1 unspecified atom stereocenters. The minimum absolute atomic E-state index is 0.283. The first kappa shape index (κ1) is 21.6. The van der Waals surface area contributed by atoms with Crippen LogP contribution in [0.5, 0.6) is 0 Å². The molecule has 17 heavy (non-hydrogen) atoms. The molecule has 0 spiro atoms. The van der Waals surface area contributed by atoms with E-state index in [2.05, 4.69) is 29.0 Å². The molecule has 0 amide bonds. The molecule has 0 aliphatic carbocycles. The van der Waals surface area contributed by atoms with E-state index in [1.54, 1.807) is 18.2 Å². The van der Waals surface area contributed by atoms with Crippen molar-refractivity contribution in [3.05, 3.63) is 38.0 Å². The second-order valence-electron chi connectivity index (χ2n) is 2.58. The van der Waals surface area contributed by atoms with Gasteiger partial charge in [-0.25, -0.2) is 4.57 Å². The second-order valence-corrected chi connectivity index (χ2v) is 3.78. The highest BCUT2D eigenvalue weighted by Gasteiger charge is 2.31. The Hall–Kier alpha value is -0.710. The van der Waals surface area contributed by atoms with Crippen LogP contribution in [0.2, 0.25) is 0 Å². The minimum Gasteiger partial charge on any atom is -0.344 e. The predicted molar refractivity (Wildman–Crippen MR) is 70.5 cm³/mol. The molecule has 1 rings (SSSR count). The van der Waals surface area contributed by atoms with Crippen molar-refractivity contribution in [3.8, 4) is 0 Å². The Morgan fingerprint density at radius 1 is 1.18 bits per heavy atom. The fraction of sp³-hybridized carbons (Fsp3) is 0.455. The first-order valence-corrected chi connectivity index (χ1v) is 6.42. The van der Waals surface area contributed by atoms with E-state index in [1.807, 2.05) is 20.8 Å². The maximum atomic E-state index is 9.87. The summed E-state index contributed by atoms with van der Waals surface area (Å²) in [5.41, 5.74) is 0. The Bertz CT molecular complexity index is 216. The van der Waals surface area contributed by atoms with Gasteiger partial charge in [0.15, 0.2) is 6.29 Å². The van der Waals surface area contributed by atoms with Crippen molar-refractivity contribution in [3.63, 3.8) is 0 Å². The molecule has 0 saturated carbocycles. The maximum absolute atomic E-state index is 9.87. The Balaban J connectivity index is -0.000000184. The van der Waals surface area contributed by atoms with Gasteiger partial charge in [0.1, 0.15) is 6.61 Å². The largest absolute Gasteiger partial charge is 0.472 e. The lowest BCUT2D eigenvalue weighted by Gasteiger charge is -1.97. The molecule has 2 N–H and O–H groups in total. The third kappa shape index (κ3) is 50.8. The van der Waals surface area contributed by atoms with Crippen LogP contribution in [0, 0.1) is 0 Å². The van der Waals surface area contributed by atoms with Crippen molar-refractivity contribution >= 4 is 7.82 Å². The van der Waals surface area contributed by atoms with Crippen LogP contribution in [0.1, 0.15) is 20.8 Å². The zero-order valence-corrected chi connectivity index (χ0v) is 11.6. The lowest BCUT2D eigenvalue weighted by Crippen LogP contribution is -1.90. The van der Waals surface area contributed by atoms with Crippen LogP contribution >= 0.6 is 7.82 Å². The summed E-state index contributed by atoms with van der Waals surface area (Å²) in [6.07, 6.45) is 4.58. The minimum atomic E-state index is -4.28. The van der Waals surface area contributed by atoms with Gasteiger partial charge in [-0.3, -0.25) is 4.52 Å². The highest BCUT2D eigenvalue weighted by molar-refractivity contribution is 7.46. The molecule has 0 bridgehead atoms. The predicted octanol–water partition coefficient (Wildman–Crippen LogP) is 3.03. The molecule has 1 aliphatic rings. The average molecular weight is 266 g/mol. The summed E-state index contributed by atoms with van der Waals surface area (Å²) in [5.74, 6) is 0. The Kier molecular flexibility index (Phi) is 19.4. The molecule has 5 nitrogen and oxygen atoms in total. The van der Waals surface area contributed by atoms with Gasteiger partial charge in [-0.1, -0.05) is 18.2 Å². The van der Waals surface area contributed by atoms with Crippen molar-refractivity contribution in [2.24, 2.45) is 0 Å². The van der Waals surface area contributed by atoms with Crippen LogP contribution in [0.25, 0.3) is 0 Å². The SMILES string of the molecule is C=CC.C=CC.C=CC.O=P(O)(O)OC1CO1. The quantitative estimate of drug-likeness (QED) is 0.456. The molecule has 0 radical (unpaired) electrons.